The number of nitrogens with zero attached hydrogens (tertiary/aromatic N) is 2. The first-order valence-electron chi connectivity index (χ1n) is 22.0. The lowest BCUT2D eigenvalue weighted by Crippen LogP contribution is -2.51. The van der Waals surface area contributed by atoms with E-state index in [9.17, 15) is 9.59 Å². The maximum absolute atomic E-state index is 14.1. The predicted molar refractivity (Wildman–Crippen MR) is 236 cm³/mol. The third-order valence-corrected chi connectivity index (χ3v) is 13.0. The van der Waals surface area contributed by atoms with Gasteiger partial charge in [-0.15, -0.1) is 0 Å². The Morgan fingerprint density at radius 3 is 1.74 bits per heavy atom. The van der Waals surface area contributed by atoms with Gasteiger partial charge >= 0.3 is 11.9 Å². The Morgan fingerprint density at radius 2 is 1.11 bits per heavy atom. The van der Waals surface area contributed by atoms with Crippen molar-refractivity contribution < 1.29 is 28.0 Å². The molecule has 1 aliphatic carbocycles. The lowest BCUT2D eigenvalue weighted by atomic mass is 9.92. The van der Waals surface area contributed by atoms with Gasteiger partial charge in [-0.25, -0.2) is 4.79 Å². The number of rotatable bonds is 22. The van der Waals surface area contributed by atoms with Crippen LogP contribution in [-0.4, -0.2) is 86.5 Å². The first-order chi connectivity index (χ1) is 27.8. The van der Waals surface area contributed by atoms with E-state index in [4.69, 9.17) is 9.47 Å². The fourth-order valence-corrected chi connectivity index (χ4v) is 9.51. The average Bonchev–Trinajstić information content (AvgIpc) is 3.58. The topological polar surface area (TPSA) is 52.6 Å². The van der Waals surface area contributed by atoms with E-state index in [1.54, 1.807) is 0 Å². The third-order valence-electron chi connectivity index (χ3n) is 13.0. The molecule has 0 spiro atoms. The zero-order valence-electron chi connectivity index (χ0n) is 35.4. The van der Waals surface area contributed by atoms with Gasteiger partial charge in [0.2, 0.25) is 0 Å². The Morgan fingerprint density at radius 1 is 0.544 bits per heavy atom. The standard InChI is InChI=1S/C51H66N2O4/c1-6-11-31-52(9-4,30-8-3)34-36-56-50(54)48-41-24-14-13-21-40(41)38-47-39(22-19-29-46(47)48)23-20-33-53(10-5,32-12-7-2)35-37-57-51(55)49-44-27-17-15-25-42(44)43-26-16-18-28-45(43)49/h13-19,21-22,24-29,38,49H,6-12,20,23,30-37H2,1-5H3/q+2. The SMILES string of the molecule is CCCC[N+](CC)(CCC)CCOC(=O)c1c2ccccc2cc2c(CCC[N+](CC)(CCCC)CCOC(=O)C3c4ccccc4-c4ccccc43)cccc12. The van der Waals surface area contributed by atoms with Crippen LogP contribution in [0, 0.1) is 0 Å². The van der Waals surface area contributed by atoms with Crippen molar-refractivity contribution in [2.75, 3.05) is 65.6 Å². The minimum Gasteiger partial charge on any atom is -0.459 e. The lowest BCUT2D eigenvalue weighted by molar-refractivity contribution is -0.927. The molecule has 0 saturated heterocycles. The molecule has 6 nitrogen and oxygen atoms in total. The highest BCUT2D eigenvalue weighted by Crippen LogP contribution is 2.45. The van der Waals surface area contributed by atoms with E-state index in [1.165, 1.54) is 18.4 Å². The maximum atomic E-state index is 14.1. The van der Waals surface area contributed by atoms with Crippen LogP contribution in [0.25, 0.3) is 32.7 Å². The van der Waals surface area contributed by atoms with Crippen LogP contribution in [0.15, 0.2) is 97.1 Å². The van der Waals surface area contributed by atoms with Gasteiger partial charge in [0.25, 0.3) is 0 Å². The molecular weight excluding hydrogens is 705 g/mol. The van der Waals surface area contributed by atoms with Gasteiger partial charge in [-0.05, 0) is 95.0 Å². The number of quaternary nitrogens is 2. The summed E-state index contributed by atoms with van der Waals surface area (Å²) in [5, 5.41) is 4.11. The monoisotopic (exact) mass is 771 g/mol. The van der Waals surface area contributed by atoms with Crippen molar-refractivity contribution in [3.8, 4) is 11.1 Å². The van der Waals surface area contributed by atoms with Crippen molar-refractivity contribution in [3.63, 3.8) is 0 Å². The van der Waals surface area contributed by atoms with Crippen LogP contribution < -0.4 is 0 Å². The first-order valence-corrected chi connectivity index (χ1v) is 22.0. The molecule has 5 aromatic rings. The Balaban J connectivity index is 1.16. The molecule has 57 heavy (non-hydrogen) atoms. The molecule has 0 amide bonds. The number of likely N-dealkylation sites (N-methyl/N-ethyl adjacent to an activating group) is 2. The van der Waals surface area contributed by atoms with Gasteiger partial charge < -0.3 is 18.4 Å². The minimum absolute atomic E-state index is 0.157. The molecule has 2 atom stereocenters. The number of hydrogen-bond acceptors (Lipinski definition) is 4. The number of aryl methyl sites for hydroxylation is 1. The first kappa shape index (κ1) is 42.1. The summed E-state index contributed by atoms with van der Waals surface area (Å²) >= 11 is 0. The second-order valence-electron chi connectivity index (χ2n) is 16.4. The smallest absolute Gasteiger partial charge is 0.339 e. The summed E-state index contributed by atoms with van der Waals surface area (Å²) in [4.78, 5) is 27.9. The van der Waals surface area contributed by atoms with Gasteiger partial charge in [0.05, 0.1) is 44.8 Å². The molecule has 0 aromatic heterocycles. The molecule has 302 valence electrons. The van der Waals surface area contributed by atoms with Gasteiger partial charge in [-0.1, -0.05) is 125 Å². The van der Waals surface area contributed by atoms with E-state index < -0.39 is 0 Å². The fourth-order valence-electron chi connectivity index (χ4n) is 9.51. The molecule has 2 unspecified atom stereocenters. The van der Waals surface area contributed by atoms with E-state index in [-0.39, 0.29) is 17.9 Å². The Bertz CT molecular complexity index is 2080. The van der Waals surface area contributed by atoms with Crippen LogP contribution in [0.5, 0.6) is 0 Å². The highest BCUT2D eigenvalue weighted by atomic mass is 16.5. The quantitative estimate of drug-likeness (QED) is 0.0400. The summed E-state index contributed by atoms with van der Waals surface area (Å²) in [6.07, 6.45) is 7.63. The van der Waals surface area contributed by atoms with Crippen LogP contribution in [0.2, 0.25) is 0 Å². The summed E-state index contributed by atoms with van der Waals surface area (Å²) in [5.41, 5.74) is 6.27. The molecule has 0 N–H and O–H groups in total. The van der Waals surface area contributed by atoms with E-state index in [2.05, 4.69) is 101 Å². The van der Waals surface area contributed by atoms with Crippen molar-refractivity contribution in [1.29, 1.82) is 0 Å². The molecule has 0 fully saturated rings. The van der Waals surface area contributed by atoms with E-state index in [1.807, 2.05) is 30.3 Å². The summed E-state index contributed by atoms with van der Waals surface area (Å²) in [6, 6.07) is 33.4. The van der Waals surface area contributed by atoms with Gasteiger partial charge in [0.15, 0.2) is 0 Å². The van der Waals surface area contributed by atoms with E-state index in [0.717, 1.165) is 137 Å². The van der Waals surface area contributed by atoms with Crippen LogP contribution in [-0.2, 0) is 20.7 Å². The van der Waals surface area contributed by atoms with Crippen molar-refractivity contribution in [2.24, 2.45) is 0 Å². The number of carbonyl (C=O) groups excluding carboxylic acids is 2. The second kappa shape index (κ2) is 19.8. The van der Waals surface area contributed by atoms with Gasteiger partial charge in [0.1, 0.15) is 32.2 Å². The molecule has 0 aliphatic heterocycles. The molecule has 0 radical (unpaired) electrons. The molecular formula is C51H66N2O4+2. The fraction of sp³-hybridized carbons (Fsp3) is 0.451. The Hall–Kier alpha value is -4.52. The lowest BCUT2D eigenvalue weighted by Gasteiger charge is -2.38. The molecule has 5 aromatic carbocycles. The zero-order chi connectivity index (χ0) is 40.3. The second-order valence-corrected chi connectivity index (χ2v) is 16.4. The van der Waals surface area contributed by atoms with Gasteiger partial charge in [-0.3, -0.25) is 4.79 Å². The van der Waals surface area contributed by atoms with Gasteiger partial charge in [-0.2, -0.15) is 0 Å². The largest absolute Gasteiger partial charge is 0.459 e. The Labute approximate surface area is 342 Å². The van der Waals surface area contributed by atoms with Crippen LogP contribution in [0.4, 0.5) is 0 Å². The molecule has 0 heterocycles. The molecule has 1 aliphatic rings. The van der Waals surface area contributed by atoms with Crippen molar-refractivity contribution in [2.45, 2.75) is 85.5 Å². The predicted octanol–water partition coefficient (Wildman–Crippen LogP) is 11.1. The number of hydrogen-bond donors (Lipinski definition) is 0. The Kier molecular flexibility index (Phi) is 14.6. The van der Waals surface area contributed by atoms with E-state index >= 15 is 0 Å². The summed E-state index contributed by atoms with van der Waals surface area (Å²) in [6.45, 7) is 20.1. The third kappa shape index (κ3) is 9.45. The summed E-state index contributed by atoms with van der Waals surface area (Å²) in [5.74, 6) is -0.761. The number of esters is 2. The normalized spacial score (nSPS) is 14.5. The number of ether oxygens (including phenoxy) is 2. The van der Waals surface area contributed by atoms with Crippen molar-refractivity contribution in [1.82, 2.24) is 0 Å². The molecule has 0 saturated carbocycles. The number of benzene rings is 5. The minimum atomic E-state index is -0.378. The van der Waals surface area contributed by atoms with E-state index in [0.29, 0.717) is 18.8 Å². The van der Waals surface area contributed by atoms with Crippen LogP contribution in [0.1, 0.15) is 106 Å². The van der Waals surface area contributed by atoms with Crippen molar-refractivity contribution in [3.05, 3.63) is 119 Å². The maximum Gasteiger partial charge on any atom is 0.339 e. The highest BCUT2D eigenvalue weighted by molar-refractivity contribution is 6.17. The van der Waals surface area contributed by atoms with Crippen molar-refractivity contribution >= 4 is 33.5 Å². The van der Waals surface area contributed by atoms with Crippen LogP contribution >= 0.6 is 0 Å². The summed E-state index contributed by atoms with van der Waals surface area (Å²) < 4.78 is 14.2. The van der Waals surface area contributed by atoms with Gasteiger partial charge in [0, 0.05) is 6.42 Å². The summed E-state index contributed by atoms with van der Waals surface area (Å²) in [7, 11) is 0. The average molecular weight is 771 g/mol. The number of fused-ring (bicyclic) bond motifs is 5. The van der Waals surface area contributed by atoms with Crippen LogP contribution in [0.3, 0.4) is 0 Å². The highest BCUT2D eigenvalue weighted by Gasteiger charge is 2.35. The zero-order valence-corrected chi connectivity index (χ0v) is 35.4. The number of carbonyl (C=O) groups is 2. The molecule has 0 bridgehead atoms. The number of unbranched alkanes of at least 4 members (excludes halogenated alkanes) is 2. The molecule has 6 heteroatoms. The molecule has 6 rings (SSSR count).